The van der Waals surface area contributed by atoms with E-state index in [2.05, 4.69) is 19.2 Å². The molecule has 2 amide bonds. The lowest BCUT2D eigenvalue weighted by atomic mass is 9.97. The first-order valence-electron chi connectivity index (χ1n) is 6.04. The SMILES string of the molecule is CCCC1C(=O)NC(CC(C)C)C(=O)N1C. The van der Waals surface area contributed by atoms with Crippen molar-refractivity contribution in [2.45, 2.75) is 52.1 Å². The van der Waals surface area contributed by atoms with Crippen LogP contribution in [0.2, 0.25) is 0 Å². The molecule has 0 aliphatic carbocycles. The summed E-state index contributed by atoms with van der Waals surface area (Å²) in [6.45, 7) is 6.13. The molecule has 0 aromatic heterocycles. The van der Waals surface area contributed by atoms with E-state index >= 15 is 0 Å². The van der Waals surface area contributed by atoms with Gasteiger partial charge in [0.25, 0.3) is 0 Å². The summed E-state index contributed by atoms with van der Waals surface area (Å²) in [5, 5.41) is 2.83. The van der Waals surface area contributed by atoms with Gasteiger partial charge < -0.3 is 10.2 Å². The van der Waals surface area contributed by atoms with Gasteiger partial charge in [0.2, 0.25) is 11.8 Å². The third-order valence-electron chi connectivity index (χ3n) is 3.00. The normalized spacial score (nSPS) is 26.2. The lowest BCUT2D eigenvalue weighted by Crippen LogP contribution is -2.62. The zero-order chi connectivity index (χ0) is 12.3. The van der Waals surface area contributed by atoms with Gasteiger partial charge in [0.1, 0.15) is 12.1 Å². The lowest BCUT2D eigenvalue weighted by Gasteiger charge is -2.37. The van der Waals surface area contributed by atoms with E-state index in [-0.39, 0.29) is 23.9 Å². The molecule has 2 atom stereocenters. The molecule has 0 saturated carbocycles. The second-order valence-electron chi connectivity index (χ2n) is 4.94. The van der Waals surface area contributed by atoms with E-state index in [1.165, 1.54) is 0 Å². The minimum Gasteiger partial charge on any atom is -0.342 e. The number of rotatable bonds is 4. The van der Waals surface area contributed by atoms with Gasteiger partial charge in [0.05, 0.1) is 0 Å². The van der Waals surface area contributed by atoms with E-state index in [1.54, 1.807) is 11.9 Å². The molecule has 2 unspecified atom stereocenters. The molecule has 1 N–H and O–H groups in total. The van der Waals surface area contributed by atoms with Gasteiger partial charge in [-0.2, -0.15) is 0 Å². The van der Waals surface area contributed by atoms with Crippen molar-refractivity contribution in [2.75, 3.05) is 7.05 Å². The predicted octanol–water partition coefficient (Wildman–Crippen LogP) is 1.16. The molecule has 92 valence electrons. The maximum atomic E-state index is 12.0. The Labute approximate surface area is 97.4 Å². The Kier molecular flexibility index (Phi) is 4.33. The van der Waals surface area contributed by atoms with Crippen molar-refractivity contribution < 1.29 is 9.59 Å². The van der Waals surface area contributed by atoms with Crippen LogP contribution in [0.5, 0.6) is 0 Å². The van der Waals surface area contributed by atoms with E-state index in [1.807, 2.05) is 6.92 Å². The standard InChI is InChI=1S/C12H22N2O2/c1-5-6-10-11(15)13-9(7-8(2)3)12(16)14(10)4/h8-10H,5-7H2,1-4H3,(H,13,15). The highest BCUT2D eigenvalue weighted by molar-refractivity contribution is 5.96. The van der Waals surface area contributed by atoms with Gasteiger partial charge in [-0.15, -0.1) is 0 Å². The van der Waals surface area contributed by atoms with E-state index in [9.17, 15) is 9.59 Å². The summed E-state index contributed by atoms with van der Waals surface area (Å²) in [6.07, 6.45) is 2.36. The number of nitrogens with one attached hydrogen (secondary N) is 1. The second-order valence-corrected chi connectivity index (χ2v) is 4.94. The van der Waals surface area contributed by atoms with Crippen LogP contribution >= 0.6 is 0 Å². The number of hydrogen-bond acceptors (Lipinski definition) is 2. The molecule has 1 aliphatic heterocycles. The fraction of sp³-hybridized carbons (Fsp3) is 0.833. The molecular formula is C12H22N2O2. The zero-order valence-corrected chi connectivity index (χ0v) is 10.6. The first-order chi connectivity index (χ1) is 7.47. The van der Waals surface area contributed by atoms with Gasteiger partial charge in [-0.25, -0.2) is 0 Å². The van der Waals surface area contributed by atoms with E-state index in [4.69, 9.17) is 0 Å². The van der Waals surface area contributed by atoms with E-state index < -0.39 is 0 Å². The van der Waals surface area contributed by atoms with Crippen molar-refractivity contribution in [1.29, 1.82) is 0 Å². The molecule has 4 heteroatoms. The zero-order valence-electron chi connectivity index (χ0n) is 10.6. The molecule has 1 rings (SSSR count). The average Bonchev–Trinajstić information content (AvgIpc) is 2.20. The predicted molar refractivity (Wildman–Crippen MR) is 62.9 cm³/mol. The van der Waals surface area contributed by atoms with Crippen LogP contribution in [-0.4, -0.2) is 35.8 Å². The number of piperazine rings is 1. The average molecular weight is 226 g/mol. The van der Waals surface area contributed by atoms with Crippen molar-refractivity contribution in [3.05, 3.63) is 0 Å². The molecule has 16 heavy (non-hydrogen) atoms. The van der Waals surface area contributed by atoms with Crippen LogP contribution in [0.3, 0.4) is 0 Å². The number of likely N-dealkylation sites (N-methyl/N-ethyl adjacent to an activating group) is 1. The molecule has 1 fully saturated rings. The molecule has 0 spiro atoms. The van der Waals surface area contributed by atoms with Crippen LogP contribution in [0.1, 0.15) is 40.0 Å². The maximum Gasteiger partial charge on any atom is 0.245 e. The Hall–Kier alpha value is -1.06. The number of nitrogens with zero attached hydrogens (tertiary/aromatic N) is 1. The molecule has 0 bridgehead atoms. The van der Waals surface area contributed by atoms with E-state index in [0.29, 0.717) is 12.3 Å². The minimum atomic E-state index is -0.328. The molecule has 1 saturated heterocycles. The highest BCUT2D eigenvalue weighted by atomic mass is 16.2. The topological polar surface area (TPSA) is 49.4 Å². The van der Waals surface area contributed by atoms with Crippen molar-refractivity contribution in [2.24, 2.45) is 5.92 Å². The van der Waals surface area contributed by atoms with Gasteiger partial charge in [0.15, 0.2) is 0 Å². The summed E-state index contributed by atoms with van der Waals surface area (Å²) >= 11 is 0. The first kappa shape index (κ1) is 13.0. The Morgan fingerprint density at radius 3 is 2.50 bits per heavy atom. The van der Waals surface area contributed by atoms with Crippen LogP contribution in [-0.2, 0) is 9.59 Å². The highest BCUT2D eigenvalue weighted by Crippen LogP contribution is 2.16. The summed E-state index contributed by atoms with van der Waals surface area (Å²) in [5.41, 5.74) is 0. The van der Waals surface area contributed by atoms with E-state index in [0.717, 1.165) is 12.8 Å². The fourth-order valence-corrected chi connectivity index (χ4v) is 2.13. The van der Waals surface area contributed by atoms with Crippen LogP contribution in [0.15, 0.2) is 0 Å². The van der Waals surface area contributed by atoms with Crippen molar-refractivity contribution in [3.8, 4) is 0 Å². The second kappa shape index (κ2) is 5.32. The summed E-state index contributed by atoms with van der Waals surface area (Å²) < 4.78 is 0. The molecule has 1 heterocycles. The molecule has 0 aromatic carbocycles. The summed E-state index contributed by atoms with van der Waals surface area (Å²) in [4.78, 5) is 25.4. The smallest absolute Gasteiger partial charge is 0.245 e. The summed E-state index contributed by atoms with van der Waals surface area (Å²) in [6, 6.07) is -0.605. The summed E-state index contributed by atoms with van der Waals surface area (Å²) in [7, 11) is 1.73. The number of hydrogen-bond donors (Lipinski definition) is 1. The third-order valence-corrected chi connectivity index (χ3v) is 3.00. The Bertz CT molecular complexity index is 276. The molecule has 0 aromatic rings. The molecule has 0 radical (unpaired) electrons. The highest BCUT2D eigenvalue weighted by Gasteiger charge is 2.37. The summed E-state index contributed by atoms with van der Waals surface area (Å²) in [5.74, 6) is 0.451. The van der Waals surface area contributed by atoms with Crippen LogP contribution < -0.4 is 5.32 Å². The van der Waals surface area contributed by atoms with Gasteiger partial charge in [-0.3, -0.25) is 9.59 Å². The Balaban J connectivity index is 2.71. The Morgan fingerprint density at radius 2 is 2.00 bits per heavy atom. The quantitative estimate of drug-likeness (QED) is 0.782. The van der Waals surface area contributed by atoms with Gasteiger partial charge in [-0.1, -0.05) is 27.2 Å². The molecular weight excluding hydrogens is 204 g/mol. The monoisotopic (exact) mass is 226 g/mol. The van der Waals surface area contributed by atoms with Crippen LogP contribution in [0.25, 0.3) is 0 Å². The minimum absolute atomic E-state index is 0.00500. The molecule has 4 nitrogen and oxygen atoms in total. The lowest BCUT2D eigenvalue weighted by molar-refractivity contribution is -0.148. The van der Waals surface area contributed by atoms with Crippen molar-refractivity contribution >= 4 is 11.8 Å². The largest absolute Gasteiger partial charge is 0.342 e. The maximum absolute atomic E-state index is 12.0. The molecule has 1 aliphatic rings. The van der Waals surface area contributed by atoms with Crippen molar-refractivity contribution in [3.63, 3.8) is 0 Å². The van der Waals surface area contributed by atoms with Crippen LogP contribution in [0.4, 0.5) is 0 Å². The van der Waals surface area contributed by atoms with Gasteiger partial charge >= 0.3 is 0 Å². The van der Waals surface area contributed by atoms with Crippen molar-refractivity contribution in [1.82, 2.24) is 10.2 Å². The number of carbonyl (C=O) groups is 2. The van der Waals surface area contributed by atoms with Gasteiger partial charge in [-0.05, 0) is 18.8 Å². The first-order valence-corrected chi connectivity index (χ1v) is 6.04. The van der Waals surface area contributed by atoms with Crippen LogP contribution in [0, 0.1) is 5.92 Å². The Morgan fingerprint density at radius 1 is 1.38 bits per heavy atom. The van der Waals surface area contributed by atoms with Gasteiger partial charge in [0, 0.05) is 7.05 Å². The number of carbonyl (C=O) groups excluding carboxylic acids is 2. The third kappa shape index (κ3) is 2.74. The fourth-order valence-electron chi connectivity index (χ4n) is 2.13. The number of amides is 2.